The van der Waals surface area contributed by atoms with E-state index in [0.29, 0.717) is 12.4 Å². The summed E-state index contributed by atoms with van der Waals surface area (Å²) in [7, 11) is 8.35. The van der Waals surface area contributed by atoms with Crippen molar-refractivity contribution in [3.63, 3.8) is 0 Å². The number of rotatable bonds is 21. The molecule has 3 amide bonds. The van der Waals surface area contributed by atoms with Crippen molar-refractivity contribution in [2.45, 2.75) is 20.0 Å². The Morgan fingerprint density at radius 2 is 1.38 bits per heavy atom. The molecule has 0 bridgehead atoms. The van der Waals surface area contributed by atoms with Crippen LogP contribution in [0.1, 0.15) is 35.6 Å². The Kier molecular flexibility index (Phi) is 17.7. The van der Waals surface area contributed by atoms with Crippen LogP contribution in [0.25, 0.3) is 11.1 Å². The average molecular weight is 827 g/mol. The Morgan fingerprint density at radius 3 is 1.95 bits per heavy atom. The Hall–Kier alpha value is -6.65. The van der Waals surface area contributed by atoms with Crippen LogP contribution in [0.2, 0.25) is 0 Å². The summed E-state index contributed by atoms with van der Waals surface area (Å²) in [4.78, 5) is 53.7. The SMILES string of the molecule is CC/C(=C(/c1ccc(OCCN(C)C)cc1)c1ccc(OC(=O)N(C)CCN(C)C(=O)OCc2cc(OC)c(OCC(=O)NCCN)cc2[N+](=O)[O-])cc1)c1ccccc1. The zero-order valence-electron chi connectivity index (χ0n) is 35.0. The first-order valence-electron chi connectivity index (χ1n) is 19.4. The van der Waals surface area contributed by atoms with Crippen LogP contribution in [-0.2, 0) is 16.1 Å². The number of nitrogens with two attached hydrogens (primary N) is 1. The lowest BCUT2D eigenvalue weighted by atomic mass is 9.88. The fourth-order valence-corrected chi connectivity index (χ4v) is 5.90. The van der Waals surface area contributed by atoms with Gasteiger partial charge in [-0.2, -0.15) is 0 Å². The molecule has 0 spiro atoms. The van der Waals surface area contributed by atoms with Crippen molar-refractivity contribution >= 4 is 34.9 Å². The van der Waals surface area contributed by atoms with Crippen LogP contribution in [0.15, 0.2) is 91.0 Å². The minimum atomic E-state index is -0.783. The number of carbonyl (C=O) groups excluding carboxylic acids is 3. The van der Waals surface area contributed by atoms with E-state index in [0.717, 1.165) is 52.6 Å². The van der Waals surface area contributed by atoms with E-state index in [4.69, 9.17) is 29.4 Å². The fourth-order valence-electron chi connectivity index (χ4n) is 5.90. The summed E-state index contributed by atoms with van der Waals surface area (Å²) in [5, 5.41) is 14.4. The number of ether oxygens (including phenoxy) is 5. The van der Waals surface area contributed by atoms with Crippen molar-refractivity contribution in [1.82, 2.24) is 20.0 Å². The van der Waals surface area contributed by atoms with E-state index >= 15 is 0 Å². The van der Waals surface area contributed by atoms with Crippen molar-refractivity contribution in [3.05, 3.63) is 123 Å². The van der Waals surface area contributed by atoms with Crippen LogP contribution in [0, 0.1) is 10.1 Å². The molecule has 0 aromatic heterocycles. The van der Waals surface area contributed by atoms with Crippen LogP contribution in [-0.4, -0.2) is 119 Å². The maximum absolute atomic E-state index is 13.1. The molecule has 0 aliphatic heterocycles. The summed E-state index contributed by atoms with van der Waals surface area (Å²) in [5.74, 6) is 0.725. The van der Waals surface area contributed by atoms with E-state index in [1.165, 1.54) is 30.0 Å². The largest absolute Gasteiger partial charge is 0.493 e. The number of hydrogen-bond donors (Lipinski definition) is 2. The molecule has 0 radical (unpaired) electrons. The predicted molar refractivity (Wildman–Crippen MR) is 228 cm³/mol. The van der Waals surface area contributed by atoms with E-state index in [9.17, 15) is 24.5 Å². The summed E-state index contributed by atoms with van der Waals surface area (Å²) >= 11 is 0. The molecule has 60 heavy (non-hydrogen) atoms. The highest BCUT2D eigenvalue weighted by atomic mass is 16.6. The van der Waals surface area contributed by atoms with Gasteiger partial charge in [0.1, 0.15) is 24.7 Å². The van der Waals surface area contributed by atoms with Crippen LogP contribution in [0.4, 0.5) is 15.3 Å². The van der Waals surface area contributed by atoms with Crippen LogP contribution < -0.4 is 30.0 Å². The van der Waals surface area contributed by atoms with Gasteiger partial charge in [0.25, 0.3) is 11.6 Å². The Balaban J connectivity index is 1.37. The number of nitrogens with zero attached hydrogens (tertiary/aromatic N) is 4. The second-order valence-corrected chi connectivity index (χ2v) is 13.9. The summed E-state index contributed by atoms with van der Waals surface area (Å²) in [5.41, 5.74) is 10.3. The molecular formula is C44H54N6O10. The van der Waals surface area contributed by atoms with Crippen molar-refractivity contribution in [2.24, 2.45) is 5.73 Å². The average Bonchev–Trinajstić information content (AvgIpc) is 3.25. The van der Waals surface area contributed by atoms with Gasteiger partial charge in [0.15, 0.2) is 18.1 Å². The molecule has 4 aromatic rings. The number of nitrogens with one attached hydrogen (secondary N) is 1. The number of carbonyl (C=O) groups is 3. The summed E-state index contributed by atoms with van der Waals surface area (Å²) in [6, 6.07) is 28.0. The first-order chi connectivity index (χ1) is 28.8. The molecule has 4 aromatic carbocycles. The normalized spacial score (nSPS) is 11.3. The molecular weight excluding hydrogens is 773 g/mol. The number of amides is 3. The number of methoxy groups -OCH3 is 1. The number of allylic oxidation sites excluding steroid dienone is 1. The Morgan fingerprint density at radius 1 is 0.767 bits per heavy atom. The van der Waals surface area contributed by atoms with Gasteiger partial charge in [-0.1, -0.05) is 61.5 Å². The van der Waals surface area contributed by atoms with Gasteiger partial charge in [-0.05, 0) is 78.7 Å². The number of hydrogen-bond acceptors (Lipinski definition) is 12. The molecule has 0 saturated heterocycles. The van der Waals surface area contributed by atoms with Crippen LogP contribution >= 0.6 is 0 Å². The van der Waals surface area contributed by atoms with Crippen molar-refractivity contribution in [2.75, 3.05) is 81.2 Å². The van der Waals surface area contributed by atoms with Gasteiger partial charge in [0.05, 0.1) is 23.7 Å². The van der Waals surface area contributed by atoms with Crippen molar-refractivity contribution in [3.8, 4) is 23.0 Å². The molecule has 0 unspecified atom stereocenters. The van der Waals surface area contributed by atoms with E-state index < -0.39 is 41.9 Å². The third-order valence-electron chi connectivity index (χ3n) is 9.21. The Bertz CT molecular complexity index is 2080. The van der Waals surface area contributed by atoms with E-state index in [2.05, 4.69) is 41.4 Å². The Labute approximate surface area is 350 Å². The molecule has 0 heterocycles. The fraction of sp³-hybridized carbons (Fsp3) is 0.341. The summed E-state index contributed by atoms with van der Waals surface area (Å²) < 4.78 is 27.7. The standard InChI is InChI=1S/C44H54N6O10/c1-7-37(31-11-9-8-10-12-31)42(32-13-17-35(18-14-32)57-26-25-47(2)3)33-15-19-36(20-16-33)60-44(53)49(5)24-23-48(4)43(52)59-29-34-27-39(56-6)40(28-38(34)50(54)55)58-30-41(51)46-22-21-45/h8-20,27-28H,7,21-26,29-30,45H2,1-6H3,(H,46,51)/b42-37+. The van der Waals surface area contributed by atoms with Crippen LogP contribution in [0.3, 0.4) is 0 Å². The second kappa shape index (κ2) is 23.1. The third kappa shape index (κ3) is 13.5. The van der Waals surface area contributed by atoms with E-state index in [1.54, 1.807) is 19.2 Å². The molecule has 4 rings (SSSR count). The lowest BCUT2D eigenvalue weighted by Gasteiger charge is -2.22. The zero-order chi connectivity index (χ0) is 43.6. The van der Waals surface area contributed by atoms with Gasteiger partial charge in [-0.25, -0.2) is 9.59 Å². The van der Waals surface area contributed by atoms with Gasteiger partial charge < -0.3 is 49.4 Å². The highest BCUT2D eigenvalue weighted by molar-refractivity contribution is 5.98. The minimum Gasteiger partial charge on any atom is -0.493 e. The lowest BCUT2D eigenvalue weighted by molar-refractivity contribution is -0.385. The van der Waals surface area contributed by atoms with Crippen molar-refractivity contribution in [1.29, 1.82) is 0 Å². The maximum Gasteiger partial charge on any atom is 0.415 e. The topological polar surface area (TPSA) is 188 Å². The number of nitro benzene ring substituents is 1. The number of nitro groups is 1. The third-order valence-corrected chi connectivity index (χ3v) is 9.21. The summed E-state index contributed by atoms with van der Waals surface area (Å²) in [6.45, 7) is 3.29. The van der Waals surface area contributed by atoms with E-state index in [1.807, 2.05) is 56.6 Å². The quantitative estimate of drug-likeness (QED) is 0.0562. The lowest BCUT2D eigenvalue weighted by Crippen LogP contribution is -2.38. The van der Waals surface area contributed by atoms with Gasteiger partial charge >= 0.3 is 12.2 Å². The monoisotopic (exact) mass is 826 g/mol. The number of likely N-dealkylation sites (N-methyl/N-ethyl adjacent to an activating group) is 3. The zero-order valence-corrected chi connectivity index (χ0v) is 35.0. The molecule has 16 nitrogen and oxygen atoms in total. The molecule has 3 N–H and O–H groups in total. The smallest absolute Gasteiger partial charge is 0.415 e. The highest BCUT2D eigenvalue weighted by Gasteiger charge is 2.23. The first-order valence-corrected chi connectivity index (χ1v) is 19.4. The summed E-state index contributed by atoms with van der Waals surface area (Å²) in [6.07, 6.45) is -0.639. The molecule has 16 heteroatoms. The van der Waals surface area contributed by atoms with Gasteiger partial charge in [0, 0.05) is 46.8 Å². The molecule has 0 saturated carbocycles. The number of benzene rings is 4. The highest BCUT2D eigenvalue weighted by Crippen LogP contribution is 2.37. The predicted octanol–water partition coefficient (Wildman–Crippen LogP) is 6.07. The van der Waals surface area contributed by atoms with Gasteiger partial charge in [-0.3, -0.25) is 14.9 Å². The van der Waals surface area contributed by atoms with E-state index in [-0.39, 0.29) is 43.2 Å². The molecule has 0 aliphatic rings. The first kappa shape index (κ1) is 46.0. The van der Waals surface area contributed by atoms with Gasteiger partial charge in [-0.15, -0.1) is 0 Å². The van der Waals surface area contributed by atoms with Crippen molar-refractivity contribution < 1.29 is 43.0 Å². The molecule has 320 valence electrons. The molecule has 0 fully saturated rings. The van der Waals surface area contributed by atoms with Gasteiger partial charge in [0.2, 0.25) is 0 Å². The second-order valence-electron chi connectivity index (χ2n) is 13.9. The molecule has 0 aliphatic carbocycles. The van der Waals surface area contributed by atoms with Crippen LogP contribution in [0.5, 0.6) is 23.0 Å². The molecule has 0 atom stereocenters. The maximum atomic E-state index is 13.1. The minimum absolute atomic E-state index is 0.0382.